The predicted octanol–water partition coefficient (Wildman–Crippen LogP) is 2.02. The molecule has 1 saturated heterocycles. The van der Waals surface area contributed by atoms with Gasteiger partial charge in [-0.1, -0.05) is 32.0 Å². The van der Waals surface area contributed by atoms with Crippen molar-refractivity contribution in [2.75, 3.05) is 6.54 Å². The fraction of sp³-hybridized carbons (Fsp3) is 0.500. The molecular weight excluding hydrogens is 222 g/mol. The van der Waals surface area contributed by atoms with Crippen molar-refractivity contribution in [1.82, 2.24) is 4.31 Å². The first-order valence-corrected chi connectivity index (χ1v) is 6.96. The molecular formula is C12H17NO2S. The Kier molecular flexibility index (Phi) is 2.80. The lowest BCUT2D eigenvalue weighted by atomic mass is 10.1. The van der Waals surface area contributed by atoms with Crippen LogP contribution in [0.4, 0.5) is 0 Å². The topological polar surface area (TPSA) is 37.1 Å². The maximum Gasteiger partial charge on any atom is 0.243 e. The average Bonchev–Trinajstić information content (AvgIpc) is 2.97. The second-order valence-corrected chi connectivity index (χ2v) is 6.51. The maximum atomic E-state index is 12.3. The van der Waals surface area contributed by atoms with Crippen molar-refractivity contribution in [2.24, 2.45) is 5.92 Å². The number of hydrogen-bond acceptors (Lipinski definition) is 2. The van der Waals surface area contributed by atoms with E-state index in [2.05, 4.69) is 13.8 Å². The second-order valence-electron chi connectivity index (χ2n) is 4.65. The van der Waals surface area contributed by atoms with Gasteiger partial charge in [0.25, 0.3) is 0 Å². The van der Waals surface area contributed by atoms with Crippen LogP contribution in [0.25, 0.3) is 0 Å². The van der Waals surface area contributed by atoms with Gasteiger partial charge in [-0.25, -0.2) is 8.42 Å². The predicted molar refractivity (Wildman–Crippen MR) is 63.7 cm³/mol. The van der Waals surface area contributed by atoms with E-state index in [-0.39, 0.29) is 6.04 Å². The van der Waals surface area contributed by atoms with E-state index in [1.807, 2.05) is 19.1 Å². The minimum absolute atomic E-state index is 0.185. The van der Waals surface area contributed by atoms with Gasteiger partial charge in [-0.2, -0.15) is 4.31 Å². The molecule has 1 heterocycles. The molecule has 1 aromatic rings. The molecule has 2 atom stereocenters. The van der Waals surface area contributed by atoms with E-state index in [4.69, 9.17) is 0 Å². The molecule has 0 amide bonds. The van der Waals surface area contributed by atoms with Gasteiger partial charge in [-0.3, -0.25) is 0 Å². The normalized spacial score (nSPS) is 24.8. The zero-order chi connectivity index (χ0) is 11.9. The highest BCUT2D eigenvalue weighted by atomic mass is 32.2. The molecule has 1 aromatic carbocycles. The Morgan fingerprint density at radius 3 is 2.44 bits per heavy atom. The molecule has 0 aliphatic carbocycles. The molecule has 0 saturated carbocycles. The fourth-order valence-electron chi connectivity index (χ4n) is 1.93. The summed E-state index contributed by atoms with van der Waals surface area (Å²) in [5, 5.41) is 0. The van der Waals surface area contributed by atoms with E-state index in [1.54, 1.807) is 16.4 Å². The highest BCUT2D eigenvalue weighted by Crippen LogP contribution is 2.33. The van der Waals surface area contributed by atoms with Gasteiger partial charge in [0, 0.05) is 12.6 Å². The van der Waals surface area contributed by atoms with Gasteiger partial charge in [0.05, 0.1) is 4.90 Å². The van der Waals surface area contributed by atoms with Crippen LogP contribution >= 0.6 is 0 Å². The molecule has 0 spiro atoms. The standard InChI is InChI=1S/C12H17NO2S/c1-9(2)11-8-13(11)16(14,15)12-7-5-4-6-10(12)3/h4-7,9,11H,8H2,1-3H3. The highest BCUT2D eigenvalue weighted by Gasteiger charge is 2.46. The summed E-state index contributed by atoms with van der Waals surface area (Å²) in [6.45, 7) is 6.60. The molecule has 16 heavy (non-hydrogen) atoms. The van der Waals surface area contributed by atoms with Gasteiger partial charge in [-0.05, 0) is 24.5 Å². The van der Waals surface area contributed by atoms with Crippen molar-refractivity contribution >= 4 is 10.0 Å². The summed E-state index contributed by atoms with van der Waals surface area (Å²) in [6.07, 6.45) is 0. The lowest BCUT2D eigenvalue weighted by molar-refractivity contribution is 0.517. The Bertz CT molecular complexity index is 493. The maximum absolute atomic E-state index is 12.3. The Morgan fingerprint density at radius 2 is 1.94 bits per heavy atom. The SMILES string of the molecule is Cc1ccccc1S(=O)(=O)N1CC1C(C)C. The van der Waals surface area contributed by atoms with Crippen LogP contribution in [0.1, 0.15) is 19.4 Å². The van der Waals surface area contributed by atoms with E-state index >= 15 is 0 Å². The summed E-state index contributed by atoms with van der Waals surface area (Å²) < 4.78 is 26.1. The first kappa shape index (κ1) is 11.6. The number of nitrogens with zero attached hydrogens (tertiary/aromatic N) is 1. The molecule has 1 fully saturated rings. The van der Waals surface area contributed by atoms with E-state index in [1.165, 1.54) is 0 Å². The summed E-state index contributed by atoms with van der Waals surface area (Å²) in [5.74, 6) is 0.388. The third-order valence-corrected chi connectivity index (χ3v) is 5.10. The Labute approximate surface area is 97.1 Å². The smallest absolute Gasteiger partial charge is 0.207 e. The number of benzene rings is 1. The molecule has 0 aromatic heterocycles. The van der Waals surface area contributed by atoms with Gasteiger partial charge in [0.15, 0.2) is 0 Å². The number of hydrogen-bond donors (Lipinski definition) is 0. The molecule has 0 N–H and O–H groups in total. The van der Waals surface area contributed by atoms with Crippen molar-refractivity contribution in [3.8, 4) is 0 Å². The quantitative estimate of drug-likeness (QED) is 0.757. The summed E-state index contributed by atoms with van der Waals surface area (Å²) >= 11 is 0. The van der Waals surface area contributed by atoms with Gasteiger partial charge in [0.2, 0.25) is 10.0 Å². The van der Waals surface area contributed by atoms with E-state index in [0.717, 1.165) is 5.56 Å². The first-order chi connectivity index (χ1) is 7.44. The Balaban J connectivity index is 2.32. The highest BCUT2D eigenvalue weighted by molar-refractivity contribution is 7.89. The van der Waals surface area contributed by atoms with Gasteiger partial charge in [-0.15, -0.1) is 0 Å². The zero-order valence-electron chi connectivity index (χ0n) is 9.84. The Hall–Kier alpha value is -0.870. The second kappa shape index (κ2) is 3.86. The molecule has 3 nitrogen and oxygen atoms in total. The van der Waals surface area contributed by atoms with Crippen molar-refractivity contribution in [3.05, 3.63) is 29.8 Å². The van der Waals surface area contributed by atoms with E-state index in [0.29, 0.717) is 17.4 Å². The van der Waals surface area contributed by atoms with Crippen molar-refractivity contribution in [2.45, 2.75) is 31.7 Å². The van der Waals surface area contributed by atoms with Crippen LogP contribution in [-0.4, -0.2) is 25.3 Å². The van der Waals surface area contributed by atoms with Crippen molar-refractivity contribution in [3.63, 3.8) is 0 Å². The molecule has 1 aliphatic heterocycles. The van der Waals surface area contributed by atoms with Gasteiger partial charge < -0.3 is 0 Å². The van der Waals surface area contributed by atoms with E-state index < -0.39 is 10.0 Å². The van der Waals surface area contributed by atoms with Crippen molar-refractivity contribution in [1.29, 1.82) is 0 Å². The lowest BCUT2D eigenvalue weighted by Crippen LogP contribution is -2.17. The summed E-state index contributed by atoms with van der Waals surface area (Å²) in [5.41, 5.74) is 0.817. The third kappa shape index (κ3) is 1.87. The van der Waals surface area contributed by atoms with Crippen LogP contribution < -0.4 is 0 Å². The van der Waals surface area contributed by atoms with Gasteiger partial charge >= 0.3 is 0 Å². The zero-order valence-corrected chi connectivity index (χ0v) is 10.7. The first-order valence-electron chi connectivity index (χ1n) is 5.52. The van der Waals surface area contributed by atoms with Crippen LogP contribution in [0.15, 0.2) is 29.2 Å². The summed E-state index contributed by atoms with van der Waals surface area (Å²) in [7, 11) is -3.26. The van der Waals surface area contributed by atoms with Crippen molar-refractivity contribution < 1.29 is 8.42 Å². The minimum atomic E-state index is -3.26. The molecule has 2 rings (SSSR count). The Morgan fingerprint density at radius 1 is 1.31 bits per heavy atom. The lowest BCUT2D eigenvalue weighted by Gasteiger charge is -2.10. The molecule has 4 heteroatoms. The molecule has 0 bridgehead atoms. The monoisotopic (exact) mass is 239 g/mol. The summed E-state index contributed by atoms with van der Waals surface area (Å²) in [6, 6.07) is 7.33. The molecule has 0 radical (unpaired) electrons. The molecule has 1 aliphatic rings. The summed E-state index contributed by atoms with van der Waals surface area (Å²) in [4.78, 5) is 0.443. The molecule has 88 valence electrons. The van der Waals surface area contributed by atoms with Crippen LogP contribution in [-0.2, 0) is 10.0 Å². The molecule has 2 unspecified atom stereocenters. The largest absolute Gasteiger partial charge is 0.243 e. The van der Waals surface area contributed by atoms with Crippen LogP contribution in [0, 0.1) is 12.8 Å². The number of aryl methyl sites for hydroxylation is 1. The minimum Gasteiger partial charge on any atom is -0.207 e. The van der Waals surface area contributed by atoms with Crippen LogP contribution in [0.5, 0.6) is 0 Å². The van der Waals surface area contributed by atoms with Crippen LogP contribution in [0.3, 0.4) is 0 Å². The fourth-order valence-corrected chi connectivity index (χ4v) is 3.86. The van der Waals surface area contributed by atoms with Crippen LogP contribution in [0.2, 0.25) is 0 Å². The van der Waals surface area contributed by atoms with Gasteiger partial charge in [0.1, 0.15) is 0 Å². The average molecular weight is 239 g/mol. The van der Waals surface area contributed by atoms with E-state index in [9.17, 15) is 8.42 Å². The third-order valence-electron chi connectivity index (χ3n) is 3.05. The number of rotatable bonds is 3. The number of sulfonamides is 1.